The Morgan fingerprint density at radius 1 is 1.37 bits per heavy atom. The van der Waals surface area contributed by atoms with Crippen molar-refractivity contribution >= 4 is 40.3 Å². The van der Waals surface area contributed by atoms with E-state index >= 15 is 0 Å². The molecule has 27 heavy (non-hydrogen) atoms. The lowest BCUT2D eigenvalue weighted by Crippen LogP contribution is -2.42. The first kappa shape index (κ1) is 18.2. The molecule has 7 nitrogen and oxygen atoms in total. The van der Waals surface area contributed by atoms with E-state index in [1.165, 1.54) is 6.33 Å². The van der Waals surface area contributed by atoms with Gasteiger partial charge in [-0.05, 0) is 37.1 Å². The number of fused-ring (bicyclic) bond motifs is 1. The summed E-state index contributed by atoms with van der Waals surface area (Å²) >= 11 is 12.2. The van der Waals surface area contributed by atoms with Crippen molar-refractivity contribution in [3.05, 3.63) is 52.2 Å². The summed E-state index contributed by atoms with van der Waals surface area (Å²) in [5.41, 5.74) is 2.31. The highest BCUT2D eigenvalue weighted by Crippen LogP contribution is 2.26. The monoisotopic (exact) mass is 404 g/mol. The van der Waals surface area contributed by atoms with E-state index in [1.54, 1.807) is 12.3 Å². The largest absolute Gasteiger partial charge is 0.348 e. The quantitative estimate of drug-likeness (QED) is 0.682. The van der Waals surface area contributed by atoms with Crippen molar-refractivity contribution in [2.75, 3.05) is 6.54 Å². The Morgan fingerprint density at radius 3 is 3.07 bits per heavy atom. The zero-order valence-corrected chi connectivity index (χ0v) is 16.0. The molecular weight excluding hydrogens is 387 g/mol. The molecule has 0 unspecified atom stereocenters. The number of aromatic amines is 1. The molecule has 1 amide bonds. The van der Waals surface area contributed by atoms with E-state index in [-0.39, 0.29) is 11.9 Å². The highest BCUT2D eigenvalue weighted by Gasteiger charge is 2.30. The van der Waals surface area contributed by atoms with Gasteiger partial charge in [0, 0.05) is 16.6 Å². The van der Waals surface area contributed by atoms with E-state index in [0.29, 0.717) is 34.6 Å². The molecule has 3 heterocycles. The first-order valence-electron chi connectivity index (χ1n) is 8.70. The number of carbonyl (C=O) groups excluding carboxylic acids is 1. The van der Waals surface area contributed by atoms with E-state index in [0.717, 1.165) is 30.5 Å². The maximum absolute atomic E-state index is 12.7. The van der Waals surface area contributed by atoms with Crippen LogP contribution in [-0.2, 0) is 17.9 Å². The average molecular weight is 405 g/mol. The molecule has 4 rings (SSSR count). The normalized spacial score (nSPS) is 17.5. The van der Waals surface area contributed by atoms with Crippen molar-refractivity contribution in [1.29, 1.82) is 0 Å². The third-order valence-corrected chi connectivity index (χ3v) is 5.28. The molecule has 0 aliphatic carbocycles. The van der Waals surface area contributed by atoms with E-state index in [9.17, 15) is 4.79 Å². The molecule has 1 aliphatic rings. The van der Waals surface area contributed by atoms with Gasteiger partial charge in [0.2, 0.25) is 5.91 Å². The van der Waals surface area contributed by atoms with Crippen molar-refractivity contribution in [3.8, 4) is 0 Å². The first-order valence-corrected chi connectivity index (χ1v) is 9.46. The number of nitrogens with one attached hydrogen (secondary N) is 2. The van der Waals surface area contributed by atoms with Gasteiger partial charge < -0.3 is 10.3 Å². The molecule has 0 saturated carbocycles. The van der Waals surface area contributed by atoms with E-state index in [2.05, 4.69) is 30.2 Å². The highest BCUT2D eigenvalue weighted by molar-refractivity contribution is 6.35. The van der Waals surface area contributed by atoms with Crippen LogP contribution in [0.25, 0.3) is 11.2 Å². The standard InChI is InChI=1S/C18H18Cl2N6O/c19-12-4-3-11(13(20)6-12)9-26-5-1-2-15(26)18(27)22-8-16-24-14-7-21-10-23-17(14)25-16/h3-4,6-7,10,15H,1-2,5,8-9H2,(H,22,27)(H,21,23,24,25)/t15-/m0/s1. The van der Waals surface area contributed by atoms with Crippen LogP contribution in [0.2, 0.25) is 10.0 Å². The fraction of sp³-hybridized carbons (Fsp3) is 0.333. The van der Waals surface area contributed by atoms with Crippen molar-refractivity contribution in [1.82, 2.24) is 30.2 Å². The summed E-state index contributed by atoms with van der Waals surface area (Å²) < 4.78 is 0. The number of H-pyrrole nitrogens is 1. The molecule has 140 valence electrons. The Hall–Kier alpha value is -2.22. The maximum atomic E-state index is 12.7. The van der Waals surface area contributed by atoms with Gasteiger partial charge >= 0.3 is 0 Å². The lowest BCUT2D eigenvalue weighted by molar-refractivity contribution is -0.125. The van der Waals surface area contributed by atoms with Crippen LogP contribution < -0.4 is 5.32 Å². The average Bonchev–Trinajstić information content (AvgIpc) is 3.28. The van der Waals surface area contributed by atoms with Crippen LogP contribution in [-0.4, -0.2) is 43.3 Å². The van der Waals surface area contributed by atoms with Crippen LogP contribution in [0.4, 0.5) is 0 Å². The number of aromatic nitrogens is 4. The SMILES string of the molecule is O=C(NCc1nc2ncncc2[nH]1)[C@@H]1CCCN1Cc1ccc(Cl)cc1Cl. The molecule has 1 aliphatic heterocycles. The van der Waals surface area contributed by atoms with Crippen molar-refractivity contribution in [3.63, 3.8) is 0 Å². The number of rotatable bonds is 5. The number of likely N-dealkylation sites (tertiary alicyclic amines) is 1. The van der Waals surface area contributed by atoms with Crippen LogP contribution in [0.3, 0.4) is 0 Å². The minimum absolute atomic E-state index is 0.0101. The molecule has 1 atom stereocenters. The number of carbonyl (C=O) groups is 1. The smallest absolute Gasteiger partial charge is 0.237 e. The van der Waals surface area contributed by atoms with Gasteiger partial charge in [-0.3, -0.25) is 9.69 Å². The summed E-state index contributed by atoms with van der Waals surface area (Å²) in [4.78, 5) is 30.3. The van der Waals surface area contributed by atoms with E-state index in [4.69, 9.17) is 23.2 Å². The van der Waals surface area contributed by atoms with Crippen molar-refractivity contribution < 1.29 is 4.79 Å². The zero-order chi connectivity index (χ0) is 18.8. The fourth-order valence-electron chi connectivity index (χ4n) is 3.37. The molecule has 2 N–H and O–H groups in total. The third-order valence-electron chi connectivity index (χ3n) is 4.70. The third kappa shape index (κ3) is 4.05. The van der Waals surface area contributed by atoms with Crippen molar-refractivity contribution in [2.45, 2.75) is 32.0 Å². The van der Waals surface area contributed by atoms with Crippen LogP contribution in [0.5, 0.6) is 0 Å². The topological polar surface area (TPSA) is 86.8 Å². The summed E-state index contributed by atoms with van der Waals surface area (Å²) in [6, 6.07) is 5.28. The number of hydrogen-bond acceptors (Lipinski definition) is 5. The zero-order valence-electron chi connectivity index (χ0n) is 14.5. The number of hydrogen-bond donors (Lipinski definition) is 2. The van der Waals surface area contributed by atoms with Gasteiger partial charge in [0.1, 0.15) is 17.7 Å². The summed E-state index contributed by atoms with van der Waals surface area (Å²) in [5, 5.41) is 4.19. The van der Waals surface area contributed by atoms with E-state index in [1.807, 2.05) is 12.1 Å². The molecule has 0 radical (unpaired) electrons. The Balaban J connectivity index is 1.39. The summed E-state index contributed by atoms with van der Waals surface area (Å²) in [5.74, 6) is 0.647. The molecule has 9 heteroatoms. The van der Waals surface area contributed by atoms with Gasteiger partial charge in [0.25, 0.3) is 0 Å². The number of nitrogens with zero attached hydrogens (tertiary/aromatic N) is 4. The van der Waals surface area contributed by atoms with Gasteiger partial charge in [-0.25, -0.2) is 15.0 Å². The van der Waals surface area contributed by atoms with Gasteiger partial charge in [0.05, 0.1) is 18.8 Å². The highest BCUT2D eigenvalue weighted by atomic mass is 35.5. The van der Waals surface area contributed by atoms with Gasteiger partial charge in [-0.15, -0.1) is 0 Å². The lowest BCUT2D eigenvalue weighted by Gasteiger charge is -2.24. The molecule has 0 bridgehead atoms. The Morgan fingerprint density at radius 2 is 2.26 bits per heavy atom. The Kier molecular flexibility index (Phi) is 5.24. The van der Waals surface area contributed by atoms with Gasteiger partial charge in [0.15, 0.2) is 5.65 Å². The number of amides is 1. The first-order chi connectivity index (χ1) is 13.1. The Labute approximate surface area is 166 Å². The number of halogens is 2. The van der Waals surface area contributed by atoms with Crippen LogP contribution in [0, 0.1) is 0 Å². The molecule has 2 aromatic heterocycles. The predicted molar refractivity (Wildman–Crippen MR) is 103 cm³/mol. The molecule has 0 spiro atoms. The summed E-state index contributed by atoms with van der Waals surface area (Å²) in [7, 11) is 0. The fourth-order valence-corrected chi connectivity index (χ4v) is 3.83. The predicted octanol–water partition coefficient (Wildman–Crippen LogP) is 2.94. The molecule has 1 saturated heterocycles. The minimum Gasteiger partial charge on any atom is -0.348 e. The molecule has 1 fully saturated rings. The second kappa shape index (κ2) is 7.80. The minimum atomic E-state index is -0.180. The molecule has 3 aromatic rings. The summed E-state index contributed by atoms with van der Waals surface area (Å²) in [6.07, 6.45) is 4.91. The van der Waals surface area contributed by atoms with Crippen LogP contribution >= 0.6 is 23.2 Å². The van der Waals surface area contributed by atoms with Crippen molar-refractivity contribution in [2.24, 2.45) is 0 Å². The second-order valence-corrected chi connectivity index (χ2v) is 7.37. The number of benzene rings is 1. The maximum Gasteiger partial charge on any atom is 0.237 e. The van der Waals surface area contributed by atoms with Crippen LogP contribution in [0.1, 0.15) is 24.2 Å². The van der Waals surface area contributed by atoms with Crippen LogP contribution in [0.15, 0.2) is 30.7 Å². The van der Waals surface area contributed by atoms with Gasteiger partial charge in [-0.1, -0.05) is 29.3 Å². The molecule has 1 aromatic carbocycles. The molecular formula is C18H18Cl2N6O. The summed E-state index contributed by atoms with van der Waals surface area (Å²) in [6.45, 7) is 1.80. The lowest BCUT2D eigenvalue weighted by atomic mass is 10.1. The van der Waals surface area contributed by atoms with E-state index < -0.39 is 0 Å². The number of imidazole rings is 1. The second-order valence-electron chi connectivity index (χ2n) is 6.53. The van der Waals surface area contributed by atoms with Gasteiger partial charge in [-0.2, -0.15) is 0 Å². The Bertz CT molecular complexity index is 942.